The average Bonchev–Trinajstić information content (AvgIpc) is 3.66. The molecule has 0 radical (unpaired) electrons. The first-order chi connectivity index (χ1) is 28.3. The molecule has 3 nitrogen and oxygen atoms in total. The molecule has 0 atom stereocenters. The van der Waals surface area contributed by atoms with Crippen molar-refractivity contribution < 1.29 is 4.42 Å². The summed E-state index contributed by atoms with van der Waals surface area (Å²) in [6.07, 6.45) is 0. The quantitative estimate of drug-likeness (QED) is 0.167. The number of rotatable bonds is 2. The number of benzene rings is 11. The second-order valence-corrected chi connectivity index (χ2v) is 15.2. The van der Waals surface area contributed by atoms with E-state index in [0.29, 0.717) is 5.82 Å². The first-order valence-corrected chi connectivity index (χ1v) is 19.5. The summed E-state index contributed by atoms with van der Waals surface area (Å²) in [5, 5.41) is 20.0. The van der Waals surface area contributed by atoms with Crippen molar-refractivity contribution in [2.75, 3.05) is 0 Å². The molecule has 13 aromatic rings. The summed E-state index contributed by atoms with van der Waals surface area (Å²) >= 11 is 0. The van der Waals surface area contributed by atoms with Crippen molar-refractivity contribution in [2.24, 2.45) is 0 Å². The van der Waals surface area contributed by atoms with E-state index in [1.807, 2.05) is 6.07 Å². The molecular formula is C54H30N2O. The lowest BCUT2D eigenvalue weighted by Gasteiger charge is -2.14. The molecule has 3 heteroatoms. The molecule has 0 saturated heterocycles. The van der Waals surface area contributed by atoms with Gasteiger partial charge in [-0.3, -0.25) is 0 Å². The molecule has 11 aromatic carbocycles. The summed E-state index contributed by atoms with van der Waals surface area (Å²) in [5.41, 5.74) is 5.74. The van der Waals surface area contributed by atoms with Crippen molar-refractivity contribution in [2.45, 2.75) is 0 Å². The molecule has 0 aliphatic rings. The molecule has 0 saturated carbocycles. The van der Waals surface area contributed by atoms with Gasteiger partial charge in [-0.1, -0.05) is 152 Å². The summed E-state index contributed by atoms with van der Waals surface area (Å²) < 4.78 is 7.04. The Bertz CT molecular complexity index is 3860. The van der Waals surface area contributed by atoms with Crippen molar-refractivity contribution in [1.82, 2.24) is 9.97 Å². The Kier molecular flexibility index (Phi) is 6.16. The van der Waals surface area contributed by atoms with E-state index in [9.17, 15) is 0 Å². The maximum absolute atomic E-state index is 7.04. The highest BCUT2D eigenvalue weighted by molar-refractivity contribution is 6.34. The van der Waals surface area contributed by atoms with Gasteiger partial charge in [0.2, 0.25) is 0 Å². The number of furan rings is 1. The summed E-state index contributed by atoms with van der Waals surface area (Å²) in [7, 11) is 0. The Morgan fingerprint density at radius 3 is 1.56 bits per heavy atom. The van der Waals surface area contributed by atoms with Gasteiger partial charge in [-0.25, -0.2) is 9.97 Å². The fraction of sp³-hybridized carbons (Fsp3) is 0. The van der Waals surface area contributed by atoms with Gasteiger partial charge in [0.05, 0.1) is 11.2 Å². The van der Waals surface area contributed by atoms with Gasteiger partial charge in [-0.2, -0.15) is 0 Å². The summed E-state index contributed by atoms with van der Waals surface area (Å²) in [6.45, 7) is 0. The third-order valence-electron chi connectivity index (χ3n) is 12.2. The molecule has 13 rings (SSSR count). The Morgan fingerprint density at radius 1 is 0.316 bits per heavy atom. The standard InChI is InChI=1S/C54H30N2O/c1-2-13-32(14-3-1)51-44-25-22-31-12-4-5-15-34(31)52(44)56-54(55-51)33-23-24-42-45(28-33)40-21-11-8-18-37(40)41-26-27-43-48-29-46-38-19-9-6-16-35(38)36-17-7-10-20-39(36)47(46)30-49(48)57-53(43)50(41)42/h1-30H. The molecule has 0 bridgehead atoms. The molecule has 57 heavy (non-hydrogen) atoms. The Morgan fingerprint density at radius 2 is 0.842 bits per heavy atom. The van der Waals surface area contributed by atoms with Crippen LogP contribution < -0.4 is 0 Å². The highest BCUT2D eigenvalue weighted by Gasteiger charge is 2.20. The number of hydrogen-bond acceptors (Lipinski definition) is 3. The molecule has 0 amide bonds. The summed E-state index contributed by atoms with van der Waals surface area (Å²) in [6, 6.07) is 65.4. The molecule has 0 spiro atoms. The number of hydrogen-bond donors (Lipinski definition) is 0. The van der Waals surface area contributed by atoms with Crippen LogP contribution in [0.2, 0.25) is 0 Å². The fourth-order valence-corrected chi connectivity index (χ4v) is 9.61. The molecule has 0 N–H and O–H groups in total. The minimum atomic E-state index is 0.705. The van der Waals surface area contributed by atoms with E-state index in [-0.39, 0.29) is 0 Å². The van der Waals surface area contributed by atoms with Crippen molar-refractivity contribution >= 4 is 108 Å². The monoisotopic (exact) mass is 722 g/mol. The van der Waals surface area contributed by atoms with Crippen molar-refractivity contribution in [1.29, 1.82) is 0 Å². The van der Waals surface area contributed by atoms with E-state index in [2.05, 4.69) is 176 Å². The minimum absolute atomic E-state index is 0.705. The summed E-state index contributed by atoms with van der Waals surface area (Å²) in [4.78, 5) is 10.6. The van der Waals surface area contributed by atoms with Crippen molar-refractivity contribution in [3.63, 3.8) is 0 Å². The van der Waals surface area contributed by atoms with E-state index in [0.717, 1.165) is 76.6 Å². The van der Waals surface area contributed by atoms with Crippen LogP contribution in [0.3, 0.4) is 0 Å². The average molecular weight is 723 g/mol. The lowest BCUT2D eigenvalue weighted by molar-refractivity contribution is 0.673. The molecule has 262 valence electrons. The largest absolute Gasteiger partial charge is 0.455 e. The van der Waals surface area contributed by atoms with Gasteiger partial charge in [0.1, 0.15) is 11.2 Å². The zero-order valence-corrected chi connectivity index (χ0v) is 30.6. The van der Waals surface area contributed by atoms with Gasteiger partial charge in [-0.05, 0) is 95.0 Å². The molecule has 0 aliphatic carbocycles. The second kappa shape index (κ2) is 11.5. The topological polar surface area (TPSA) is 38.9 Å². The first kappa shape index (κ1) is 30.7. The Labute approximate surface area is 326 Å². The first-order valence-electron chi connectivity index (χ1n) is 19.5. The van der Waals surface area contributed by atoms with Crippen LogP contribution in [-0.4, -0.2) is 9.97 Å². The van der Waals surface area contributed by atoms with Gasteiger partial charge in [0.15, 0.2) is 5.82 Å². The zero-order valence-electron chi connectivity index (χ0n) is 30.6. The van der Waals surface area contributed by atoms with Gasteiger partial charge >= 0.3 is 0 Å². The Balaban J connectivity index is 1.11. The van der Waals surface area contributed by atoms with E-state index >= 15 is 0 Å². The fourth-order valence-electron chi connectivity index (χ4n) is 9.61. The highest BCUT2D eigenvalue weighted by atomic mass is 16.3. The second-order valence-electron chi connectivity index (χ2n) is 15.2. The van der Waals surface area contributed by atoms with E-state index < -0.39 is 0 Å². The van der Waals surface area contributed by atoms with E-state index in [1.54, 1.807) is 0 Å². The number of fused-ring (bicyclic) bond motifs is 19. The van der Waals surface area contributed by atoms with E-state index in [4.69, 9.17) is 14.4 Å². The molecule has 2 aromatic heterocycles. The summed E-state index contributed by atoms with van der Waals surface area (Å²) in [5.74, 6) is 0.705. The molecular weight excluding hydrogens is 693 g/mol. The van der Waals surface area contributed by atoms with Crippen LogP contribution in [0.25, 0.3) is 131 Å². The van der Waals surface area contributed by atoms with Crippen LogP contribution in [0.1, 0.15) is 0 Å². The number of nitrogens with zero attached hydrogens (tertiary/aromatic N) is 2. The van der Waals surface area contributed by atoms with Crippen LogP contribution in [0.4, 0.5) is 0 Å². The molecule has 2 heterocycles. The van der Waals surface area contributed by atoms with Gasteiger partial charge in [0.25, 0.3) is 0 Å². The predicted molar refractivity (Wildman–Crippen MR) is 240 cm³/mol. The third kappa shape index (κ3) is 4.31. The normalized spacial score (nSPS) is 12.2. The highest BCUT2D eigenvalue weighted by Crippen LogP contribution is 2.45. The number of aromatic nitrogens is 2. The maximum atomic E-state index is 7.04. The van der Waals surface area contributed by atoms with Gasteiger partial charge in [-0.15, -0.1) is 0 Å². The SMILES string of the molecule is c1ccc(-c2nc(-c3ccc4c(c3)c3ccccc3c3ccc5c6cc7c8ccccc8c8ccccc8c7cc6oc5c34)nc3c2ccc2ccccc23)cc1. The predicted octanol–water partition coefficient (Wildman–Crippen LogP) is 14.9. The lowest BCUT2D eigenvalue weighted by Crippen LogP contribution is -1.96. The van der Waals surface area contributed by atoms with Crippen LogP contribution in [0, 0.1) is 0 Å². The molecule has 0 unspecified atom stereocenters. The minimum Gasteiger partial charge on any atom is -0.455 e. The Hall–Kier alpha value is -7.62. The lowest BCUT2D eigenvalue weighted by atomic mass is 9.91. The van der Waals surface area contributed by atoms with Crippen LogP contribution in [-0.2, 0) is 0 Å². The zero-order chi connectivity index (χ0) is 37.2. The van der Waals surface area contributed by atoms with Gasteiger partial charge < -0.3 is 4.42 Å². The van der Waals surface area contributed by atoms with Crippen molar-refractivity contribution in [3.8, 4) is 22.6 Å². The van der Waals surface area contributed by atoms with Gasteiger partial charge in [0, 0.05) is 38.1 Å². The smallest absolute Gasteiger partial charge is 0.160 e. The van der Waals surface area contributed by atoms with Crippen LogP contribution in [0.5, 0.6) is 0 Å². The third-order valence-corrected chi connectivity index (χ3v) is 12.2. The maximum Gasteiger partial charge on any atom is 0.160 e. The van der Waals surface area contributed by atoms with Crippen molar-refractivity contribution in [3.05, 3.63) is 182 Å². The van der Waals surface area contributed by atoms with E-state index in [1.165, 1.54) is 48.5 Å². The molecule has 0 fully saturated rings. The van der Waals surface area contributed by atoms with Crippen LogP contribution in [0.15, 0.2) is 186 Å². The molecule has 0 aliphatic heterocycles. The van der Waals surface area contributed by atoms with Crippen LogP contribution >= 0.6 is 0 Å².